The number of quaternary nitrogens is 1. The number of ether oxygens (including phenoxy) is 2. The summed E-state index contributed by atoms with van der Waals surface area (Å²) in [6.07, 6.45) is -60.1. The molecule has 1 unspecified atom stereocenters. The fourth-order valence-electron chi connectivity index (χ4n) is 3.68. The minimum absolute atomic E-state index is 0.0140. The SMILES string of the molecule is [2H]C([2H])([2H])C([2H])([2H])C([2H])([2H])C([2H])([2H])C([2H])([2H])C([2H])([2H])C([2H])([2H])C([2H])([2H])C([2H])([2H])C([2H])([2H])C([2H])([2H])C([2H])([2H])C([2H])([2H])C([2H])([2H])C([2H])([2H])C(=O)OC[C@H](COP(=O)(O)OC([2H])([2H])C([2H])([2H])[N+](C([2H])([2H])[2H])(C([2H])([2H])[2H])C([2H])([2H])[2H])OC(=O)CCCCCCC/C=C\CCCCCCCC. The first-order valence-corrected chi connectivity index (χ1v) is 18.0. The van der Waals surface area contributed by atoms with E-state index in [9.17, 15) is 19.0 Å². The summed E-state index contributed by atoms with van der Waals surface area (Å²) in [5.74, 6) is -4.10. The maximum Gasteiger partial charge on any atom is 0.472 e. The summed E-state index contributed by atoms with van der Waals surface area (Å²) < 4.78 is 385. The number of phosphoric ester groups is 1. The monoisotopic (exact) mass is 805 g/mol. The molecule has 1 N–H and O–H groups in total. The van der Waals surface area contributed by atoms with Gasteiger partial charge in [-0.05, 0) is 38.5 Å². The van der Waals surface area contributed by atoms with E-state index < -0.39 is 180 Å². The van der Waals surface area contributed by atoms with Crippen molar-refractivity contribution in [3.8, 4) is 0 Å². The van der Waals surface area contributed by atoms with Gasteiger partial charge in [0.25, 0.3) is 0 Å². The van der Waals surface area contributed by atoms with Crippen LogP contribution in [0.25, 0.3) is 0 Å². The van der Waals surface area contributed by atoms with Gasteiger partial charge in [-0.25, -0.2) is 4.57 Å². The molecule has 0 saturated carbocycles. The lowest BCUT2D eigenvalue weighted by Gasteiger charge is -2.24. The molecule has 2 atom stereocenters. The Morgan fingerprint density at radius 3 is 1.83 bits per heavy atom. The highest BCUT2D eigenvalue weighted by Gasteiger charge is 2.27. The Morgan fingerprint density at radius 1 is 0.712 bits per heavy atom. The number of phosphoric acid groups is 1. The van der Waals surface area contributed by atoms with E-state index in [1.807, 2.05) is 6.08 Å². The van der Waals surface area contributed by atoms with E-state index in [-0.39, 0.29) is 6.42 Å². The molecule has 0 spiro atoms. The van der Waals surface area contributed by atoms with Gasteiger partial charge in [0, 0.05) is 55.3 Å². The largest absolute Gasteiger partial charge is 0.472 e. The molecule has 308 valence electrons. The molecular weight excluding hydrogens is 677 g/mol. The highest BCUT2D eigenvalue weighted by molar-refractivity contribution is 7.47. The normalized spacial score (nSPS) is 31.7. The summed E-state index contributed by atoms with van der Waals surface area (Å²) in [5.41, 5.74) is 0. The fraction of sp³-hybridized carbons (Fsp3) is 0.905. The summed E-state index contributed by atoms with van der Waals surface area (Å²) in [7, 11) is -6.51. The van der Waals surface area contributed by atoms with Gasteiger partial charge in [-0.2, -0.15) is 0 Å². The molecule has 0 fully saturated rings. The van der Waals surface area contributed by atoms with Crippen LogP contribution in [-0.4, -0.2) is 74.6 Å². The molecule has 0 heterocycles. The van der Waals surface area contributed by atoms with E-state index in [1.54, 1.807) is 0 Å². The van der Waals surface area contributed by atoms with Crippen LogP contribution in [-0.2, 0) is 32.7 Å². The van der Waals surface area contributed by atoms with Crippen LogP contribution in [0.15, 0.2) is 12.2 Å². The molecule has 0 aromatic heterocycles. The van der Waals surface area contributed by atoms with Crippen molar-refractivity contribution in [3.63, 3.8) is 0 Å². The molecule has 9 nitrogen and oxygen atoms in total. The average molecular weight is 805 g/mol. The van der Waals surface area contributed by atoms with Gasteiger partial charge >= 0.3 is 19.8 Å². The molecule has 0 bridgehead atoms. The van der Waals surface area contributed by atoms with Crippen LogP contribution < -0.4 is 0 Å². The van der Waals surface area contributed by atoms with Gasteiger partial charge in [0.15, 0.2) is 6.10 Å². The predicted octanol–water partition coefficient (Wildman–Crippen LogP) is 11.8. The fourth-order valence-corrected chi connectivity index (χ4v) is 4.25. The Labute approximate surface area is 382 Å². The number of unbranched alkanes of at least 4 members (excludes halogenated alkanes) is 11. The second-order valence-corrected chi connectivity index (χ2v) is 11.9. The van der Waals surface area contributed by atoms with Gasteiger partial charge in [-0.15, -0.1) is 0 Å². The van der Waals surface area contributed by atoms with E-state index >= 15 is 0 Å². The number of likely N-dealkylation sites (N-methyl/N-ethyl adjacent to an activating group) is 1. The minimum Gasteiger partial charge on any atom is -0.462 e. The molecule has 0 aliphatic carbocycles. The van der Waals surface area contributed by atoms with Crippen LogP contribution in [0.5, 0.6) is 0 Å². The maximum atomic E-state index is 13.6. The third-order valence-electron chi connectivity index (χ3n) is 6.05. The number of hydrogen-bond donors (Lipinski definition) is 1. The van der Waals surface area contributed by atoms with Crippen molar-refractivity contribution < 1.29 is 102 Å². The van der Waals surface area contributed by atoms with Crippen molar-refractivity contribution in [1.82, 2.24) is 0 Å². The zero-order valence-electron chi connectivity index (χ0n) is 73.2. The highest BCUT2D eigenvalue weighted by atomic mass is 31.2. The molecule has 0 amide bonds. The van der Waals surface area contributed by atoms with Crippen molar-refractivity contribution in [1.29, 1.82) is 0 Å². The first kappa shape index (κ1) is 14.3. The van der Waals surface area contributed by atoms with Crippen molar-refractivity contribution >= 4 is 19.8 Å². The number of carbonyl (C=O) groups excluding carboxylic acids is 2. The Balaban J connectivity index is 7.46. The van der Waals surface area contributed by atoms with Crippen molar-refractivity contribution in [2.24, 2.45) is 0 Å². The first-order valence-electron chi connectivity index (χ1n) is 38.5. The van der Waals surface area contributed by atoms with Crippen LogP contribution in [0.3, 0.4) is 0 Å². The van der Waals surface area contributed by atoms with Gasteiger partial charge in [0.1, 0.15) is 19.7 Å². The lowest BCUT2D eigenvalue weighted by atomic mass is 10.0. The number of esters is 2. The van der Waals surface area contributed by atoms with Crippen LogP contribution >= 0.6 is 7.82 Å². The van der Waals surface area contributed by atoms with E-state index in [0.717, 1.165) is 51.4 Å². The van der Waals surface area contributed by atoms with Gasteiger partial charge < -0.3 is 18.9 Å². The third kappa shape index (κ3) is 38.5. The highest BCUT2D eigenvalue weighted by Crippen LogP contribution is 2.43. The lowest BCUT2D eigenvalue weighted by Crippen LogP contribution is -2.37. The zero-order chi connectivity index (χ0) is 77.3. The van der Waals surface area contributed by atoms with E-state index in [0.29, 0.717) is 19.3 Å². The third-order valence-corrected chi connectivity index (χ3v) is 6.85. The average Bonchev–Trinajstić information content (AvgIpc) is 0.690. The number of rotatable bonds is 39. The lowest BCUT2D eigenvalue weighted by molar-refractivity contribution is -0.870. The number of allylic oxidation sites excluding steroid dienone is 2. The summed E-state index contributed by atoms with van der Waals surface area (Å²) in [5, 5.41) is 0. The second-order valence-electron chi connectivity index (χ2n) is 10.5. The summed E-state index contributed by atoms with van der Waals surface area (Å²) in [4.78, 5) is 37.5. The predicted molar refractivity (Wildman–Crippen MR) is 215 cm³/mol. The number of nitrogens with zero attached hydrogens (tertiary/aromatic N) is 1. The Kier molecular flexibility index (Phi) is 9.74. The smallest absolute Gasteiger partial charge is 0.462 e. The molecule has 0 aromatic rings. The van der Waals surface area contributed by atoms with Gasteiger partial charge in [-0.3, -0.25) is 18.6 Å². The maximum absolute atomic E-state index is 13.6. The van der Waals surface area contributed by atoms with Crippen LogP contribution in [0.1, 0.15) is 253 Å². The van der Waals surface area contributed by atoms with E-state index in [2.05, 4.69) is 26.8 Å². The van der Waals surface area contributed by atoms with Gasteiger partial charge in [-0.1, -0.05) is 154 Å². The molecule has 0 rings (SSSR count). The van der Waals surface area contributed by atoms with E-state index in [1.165, 1.54) is 6.42 Å². The van der Waals surface area contributed by atoms with Gasteiger partial charge in [0.2, 0.25) is 0 Å². The summed E-state index contributed by atoms with van der Waals surface area (Å²) >= 11 is 0. The van der Waals surface area contributed by atoms with Crippen LogP contribution in [0, 0.1) is 0 Å². The van der Waals surface area contributed by atoms with Gasteiger partial charge in [0.05, 0.1) is 45.4 Å². The molecule has 10 heteroatoms. The molecule has 0 saturated heterocycles. The van der Waals surface area contributed by atoms with Crippen molar-refractivity contribution in [2.75, 3.05) is 47.2 Å². The Hall–Kier alpha value is -1.25. The molecule has 0 radical (unpaired) electrons. The Bertz CT molecular complexity index is 2610. The van der Waals surface area contributed by atoms with E-state index in [4.69, 9.17) is 65.1 Å². The molecule has 0 aliphatic heterocycles. The topological polar surface area (TPSA) is 108 Å². The zero-order valence-corrected chi connectivity index (χ0v) is 30.1. The molecule has 0 aliphatic rings. The van der Waals surface area contributed by atoms with Crippen molar-refractivity contribution in [3.05, 3.63) is 12.2 Å². The van der Waals surface area contributed by atoms with Crippen LogP contribution in [0.4, 0.5) is 0 Å². The number of carbonyl (C=O) groups is 2. The van der Waals surface area contributed by atoms with Crippen LogP contribution in [0.2, 0.25) is 0 Å². The summed E-state index contributed by atoms with van der Waals surface area (Å²) in [6, 6.07) is 0. The number of hydrogen-bond acceptors (Lipinski definition) is 7. The second kappa shape index (κ2) is 35.5. The summed E-state index contributed by atoms with van der Waals surface area (Å²) in [6.45, 7) is -29.2. The quantitative estimate of drug-likeness (QED) is 0.0215. The molecule has 0 aromatic carbocycles. The first-order chi connectivity index (χ1) is 41.9. The molecule has 52 heavy (non-hydrogen) atoms. The minimum atomic E-state index is -6.51. The Morgan fingerprint density at radius 2 is 1.25 bits per heavy atom. The standard InChI is InChI=1S/C42H82NO8P/c1-6-8-10-12-14-16-18-20-21-23-25-27-29-31-33-35-42(45)51-40(39-50-52(46,47)49-37-36-43(3,4)5)38-48-41(44)34-32-30-28-26-24-22-19-17-15-13-11-9-7-2/h20-21,40H,6-19,22-39H2,1-5H3/p+1/b21-20-/t40-/m1/s1/i2D3,3D3,4D3,5D3,7D2,9D2,11D2,13D2,15D2,17D2,19D2,22D2,24D2,26D2,28D2,30D2,32D2,34D2,36D2,37D2. The van der Waals surface area contributed by atoms with Crippen molar-refractivity contribution in [2.45, 2.75) is 199 Å². The molecular formula is C42H83NO8P+.